The molecule has 3 amide bonds. The minimum Gasteiger partial charge on any atom is -0.464 e. The normalized spacial score (nSPS) is 12.1. The first-order valence-corrected chi connectivity index (χ1v) is 9.71. The van der Waals surface area contributed by atoms with Crippen molar-refractivity contribution in [1.82, 2.24) is 10.2 Å². The minimum absolute atomic E-state index is 0.0775. The number of esters is 1. The molecule has 0 saturated carbocycles. The third-order valence-corrected chi connectivity index (χ3v) is 5.29. The van der Waals surface area contributed by atoms with Crippen LogP contribution in [0, 0.1) is 0 Å². The monoisotopic (exact) mass is 433 g/mol. The lowest BCUT2D eigenvalue weighted by molar-refractivity contribution is -0.137. The number of fused-ring (bicyclic) bond motifs is 1. The molecule has 0 aliphatic carbocycles. The third-order valence-electron chi connectivity index (χ3n) is 5.29. The maximum atomic E-state index is 12.9. The van der Waals surface area contributed by atoms with Crippen molar-refractivity contribution < 1.29 is 23.9 Å². The molecule has 2 aromatic carbocycles. The lowest BCUT2D eigenvalue weighted by Gasteiger charge is -2.18. The molecule has 2 aromatic rings. The Hall–Kier alpha value is -4.20. The van der Waals surface area contributed by atoms with E-state index in [0.717, 1.165) is 22.4 Å². The van der Waals surface area contributed by atoms with Crippen LogP contribution in [0.25, 0.3) is 11.1 Å². The second kappa shape index (κ2) is 8.89. The fourth-order valence-electron chi connectivity index (χ4n) is 3.37. The Balaban J connectivity index is 1.85. The number of nitrogens with zero attached hydrogens (tertiary/aromatic N) is 2. The van der Waals surface area contributed by atoms with E-state index in [2.05, 4.69) is 23.2 Å². The number of ether oxygens (including phenoxy) is 1. The fraction of sp³-hybridized carbons (Fsp3) is 0.167. The summed E-state index contributed by atoms with van der Waals surface area (Å²) in [6.07, 6.45) is 0. The van der Waals surface area contributed by atoms with Crippen molar-refractivity contribution in [2.75, 3.05) is 19.1 Å². The number of amides is 3. The quantitative estimate of drug-likeness (QED) is 0.558. The highest BCUT2D eigenvalue weighted by Gasteiger charge is 2.33. The molecule has 0 aromatic heterocycles. The Bertz CT molecular complexity index is 1150. The average molecular weight is 433 g/mol. The second-order valence-electron chi connectivity index (χ2n) is 7.22. The number of carbonyl (C=O) groups excluding carboxylic acids is 4. The molecule has 8 nitrogen and oxygen atoms in total. The average Bonchev–Trinajstić information content (AvgIpc) is 3.13. The van der Waals surface area contributed by atoms with Crippen LogP contribution in [0.5, 0.6) is 0 Å². The number of carbonyl (C=O) groups is 4. The van der Waals surface area contributed by atoms with Gasteiger partial charge in [0.15, 0.2) is 0 Å². The molecule has 0 atom stereocenters. The van der Waals surface area contributed by atoms with Crippen molar-refractivity contribution >= 4 is 29.4 Å². The number of hydrogen-bond donors (Lipinski definition) is 1. The number of nitrogens with one attached hydrogen (secondary N) is 1. The highest BCUT2D eigenvalue weighted by atomic mass is 16.5. The van der Waals surface area contributed by atoms with Gasteiger partial charge in [-0.15, -0.1) is 0 Å². The number of hydrogen-bond acceptors (Lipinski definition) is 5. The zero-order chi connectivity index (χ0) is 23.6. The van der Waals surface area contributed by atoms with Crippen molar-refractivity contribution in [3.63, 3.8) is 0 Å². The maximum absolute atomic E-state index is 12.9. The highest BCUT2D eigenvalue weighted by molar-refractivity contribution is 6.07. The lowest BCUT2D eigenvalue weighted by Crippen LogP contribution is -2.36. The van der Waals surface area contributed by atoms with Gasteiger partial charge in [0.05, 0.1) is 13.7 Å². The molecule has 0 radical (unpaired) electrons. The van der Waals surface area contributed by atoms with Crippen LogP contribution in [0.3, 0.4) is 0 Å². The zero-order valence-electron chi connectivity index (χ0n) is 18.1. The van der Waals surface area contributed by atoms with E-state index < -0.39 is 11.9 Å². The van der Waals surface area contributed by atoms with E-state index in [9.17, 15) is 19.2 Å². The van der Waals surface area contributed by atoms with Crippen molar-refractivity contribution in [1.29, 1.82) is 0 Å². The summed E-state index contributed by atoms with van der Waals surface area (Å²) < 4.78 is 4.51. The van der Waals surface area contributed by atoms with Crippen LogP contribution in [0.2, 0.25) is 0 Å². The molecule has 1 aliphatic heterocycles. The standard InChI is InChI=1S/C24H23N3O5/c1-14(24(31)32-5)25-22(29)15(2)27-13-21-19(7-6-8-20(21)23(27)30)17-9-11-18(12-10-17)26(4)16(3)28/h6-12H,1-2,13H2,3-5H3,(H,25,29). The van der Waals surface area contributed by atoms with E-state index in [1.54, 1.807) is 19.2 Å². The van der Waals surface area contributed by atoms with Crippen molar-refractivity contribution in [3.8, 4) is 11.1 Å². The molecule has 0 spiro atoms. The largest absolute Gasteiger partial charge is 0.464 e. The van der Waals surface area contributed by atoms with E-state index in [0.29, 0.717) is 5.56 Å². The number of methoxy groups -OCH3 is 1. The van der Waals surface area contributed by atoms with Crippen LogP contribution in [0.15, 0.2) is 67.0 Å². The van der Waals surface area contributed by atoms with Crippen molar-refractivity contribution in [3.05, 3.63) is 78.1 Å². The molecule has 0 unspecified atom stereocenters. The first-order valence-electron chi connectivity index (χ1n) is 9.71. The maximum Gasteiger partial charge on any atom is 0.353 e. The Kier molecular flexibility index (Phi) is 6.25. The smallest absolute Gasteiger partial charge is 0.353 e. The SMILES string of the molecule is C=C(NC(=O)C(=C)N1Cc2c(cccc2-c2ccc(N(C)C(C)=O)cc2)C1=O)C(=O)OC. The summed E-state index contributed by atoms with van der Waals surface area (Å²) >= 11 is 0. The second-order valence-corrected chi connectivity index (χ2v) is 7.22. The van der Waals surface area contributed by atoms with Gasteiger partial charge in [-0.3, -0.25) is 19.3 Å². The van der Waals surface area contributed by atoms with Crippen LogP contribution in [0.1, 0.15) is 22.8 Å². The van der Waals surface area contributed by atoms with Gasteiger partial charge in [0.25, 0.3) is 11.8 Å². The molecule has 8 heteroatoms. The summed E-state index contributed by atoms with van der Waals surface area (Å²) in [7, 11) is 2.86. The van der Waals surface area contributed by atoms with E-state index in [-0.39, 0.29) is 29.8 Å². The zero-order valence-corrected chi connectivity index (χ0v) is 18.1. The van der Waals surface area contributed by atoms with Gasteiger partial charge in [-0.25, -0.2) is 4.79 Å². The molecule has 1 N–H and O–H groups in total. The van der Waals surface area contributed by atoms with Crippen LogP contribution >= 0.6 is 0 Å². The molecular formula is C24H23N3O5. The van der Waals surface area contributed by atoms with Crippen molar-refractivity contribution in [2.24, 2.45) is 0 Å². The predicted molar refractivity (Wildman–Crippen MR) is 119 cm³/mol. The molecule has 32 heavy (non-hydrogen) atoms. The predicted octanol–water partition coefficient (Wildman–Crippen LogP) is 2.61. The van der Waals surface area contributed by atoms with Gasteiger partial charge in [0.1, 0.15) is 11.4 Å². The number of rotatable bonds is 6. The third kappa shape index (κ3) is 4.15. The topological polar surface area (TPSA) is 96.0 Å². The van der Waals surface area contributed by atoms with Gasteiger partial charge in [0, 0.05) is 25.2 Å². The highest BCUT2D eigenvalue weighted by Crippen LogP contribution is 2.34. The Morgan fingerprint density at radius 2 is 1.69 bits per heavy atom. The van der Waals surface area contributed by atoms with E-state index >= 15 is 0 Å². The summed E-state index contributed by atoms with van der Waals surface area (Å²) in [5.41, 5.74) is 3.31. The van der Waals surface area contributed by atoms with Crippen molar-refractivity contribution in [2.45, 2.75) is 13.5 Å². The van der Waals surface area contributed by atoms with E-state index in [1.165, 1.54) is 23.8 Å². The van der Waals surface area contributed by atoms with Gasteiger partial charge in [-0.1, -0.05) is 37.4 Å². The van der Waals surface area contributed by atoms with Gasteiger partial charge >= 0.3 is 5.97 Å². The first kappa shape index (κ1) is 22.5. The van der Waals surface area contributed by atoms with Gasteiger partial charge in [-0.05, 0) is 34.9 Å². The molecule has 3 rings (SSSR count). The van der Waals surface area contributed by atoms with Crippen LogP contribution in [0.4, 0.5) is 5.69 Å². The summed E-state index contributed by atoms with van der Waals surface area (Å²) in [6.45, 7) is 8.80. The van der Waals surface area contributed by atoms with Gasteiger partial charge in [-0.2, -0.15) is 0 Å². The molecule has 0 fully saturated rings. The summed E-state index contributed by atoms with van der Waals surface area (Å²) in [5.74, 6) is -1.95. The number of benzene rings is 2. The number of anilines is 1. The van der Waals surface area contributed by atoms with E-state index in [4.69, 9.17) is 0 Å². The lowest BCUT2D eigenvalue weighted by atomic mass is 9.97. The van der Waals surface area contributed by atoms with Crippen LogP contribution in [-0.4, -0.2) is 42.7 Å². The summed E-state index contributed by atoms with van der Waals surface area (Å²) in [4.78, 5) is 51.2. The summed E-state index contributed by atoms with van der Waals surface area (Å²) in [5, 5.41) is 2.29. The molecule has 0 saturated heterocycles. The molecule has 164 valence electrons. The first-order chi connectivity index (χ1) is 15.1. The Morgan fingerprint density at radius 1 is 1.06 bits per heavy atom. The minimum atomic E-state index is -0.789. The Labute approximate surface area is 185 Å². The van der Waals surface area contributed by atoms with Crippen LogP contribution in [-0.2, 0) is 25.7 Å². The van der Waals surface area contributed by atoms with Gasteiger partial charge < -0.3 is 15.0 Å². The molecule has 1 aliphatic rings. The van der Waals surface area contributed by atoms with E-state index in [1.807, 2.05) is 30.3 Å². The molecule has 1 heterocycles. The summed E-state index contributed by atoms with van der Waals surface area (Å²) in [6, 6.07) is 12.8. The Morgan fingerprint density at radius 3 is 2.28 bits per heavy atom. The molecular weight excluding hydrogens is 410 g/mol. The fourth-order valence-corrected chi connectivity index (χ4v) is 3.37. The van der Waals surface area contributed by atoms with Gasteiger partial charge in [0.2, 0.25) is 5.91 Å². The molecule has 0 bridgehead atoms. The van der Waals surface area contributed by atoms with Crippen LogP contribution < -0.4 is 10.2 Å².